The molecule has 0 aliphatic carbocycles. The summed E-state index contributed by atoms with van der Waals surface area (Å²) in [6.07, 6.45) is 61.0. The predicted octanol–water partition coefficient (Wildman–Crippen LogP) is 19.5. The molecule has 6 heteroatoms. The lowest BCUT2D eigenvalue weighted by molar-refractivity contribution is -0.167. The van der Waals surface area contributed by atoms with Crippen molar-refractivity contribution < 1.29 is 28.6 Å². The summed E-state index contributed by atoms with van der Waals surface area (Å²) >= 11 is 0. The maximum Gasteiger partial charge on any atom is 0.306 e. The van der Waals surface area contributed by atoms with E-state index in [1.54, 1.807) is 0 Å². The Morgan fingerprint density at radius 1 is 0.246 bits per heavy atom. The molecular formula is C59H114O6. The summed E-state index contributed by atoms with van der Waals surface area (Å²) in [7, 11) is 0. The average Bonchev–Trinajstić information content (AvgIpc) is 3.30. The summed E-state index contributed by atoms with van der Waals surface area (Å²) < 4.78 is 16.9. The average molecular weight is 920 g/mol. The quantitative estimate of drug-likeness (QED) is 0.0344. The van der Waals surface area contributed by atoms with Gasteiger partial charge in [0, 0.05) is 19.3 Å². The van der Waals surface area contributed by atoms with E-state index in [-0.39, 0.29) is 31.1 Å². The maximum absolute atomic E-state index is 12.8. The van der Waals surface area contributed by atoms with E-state index in [4.69, 9.17) is 14.2 Å². The van der Waals surface area contributed by atoms with Gasteiger partial charge in [0.2, 0.25) is 0 Å². The molecule has 0 spiro atoms. The van der Waals surface area contributed by atoms with Crippen LogP contribution < -0.4 is 0 Å². The Hall–Kier alpha value is -1.59. The van der Waals surface area contributed by atoms with E-state index in [2.05, 4.69) is 20.8 Å². The summed E-state index contributed by atoms with van der Waals surface area (Å²) in [5.74, 6) is -0.832. The van der Waals surface area contributed by atoms with E-state index in [0.717, 1.165) is 57.8 Å². The first-order valence-electron chi connectivity index (χ1n) is 29.5. The Labute approximate surface area is 406 Å². The van der Waals surface area contributed by atoms with Crippen molar-refractivity contribution >= 4 is 17.9 Å². The van der Waals surface area contributed by atoms with Gasteiger partial charge in [0.25, 0.3) is 0 Å². The van der Waals surface area contributed by atoms with E-state index in [1.165, 1.54) is 244 Å². The van der Waals surface area contributed by atoms with Crippen LogP contribution >= 0.6 is 0 Å². The number of carbonyl (C=O) groups is 3. The summed E-state index contributed by atoms with van der Waals surface area (Å²) in [6.45, 7) is 6.70. The molecule has 0 amide bonds. The highest BCUT2D eigenvalue weighted by Crippen LogP contribution is 2.18. The van der Waals surface area contributed by atoms with Crippen LogP contribution in [-0.2, 0) is 28.6 Å². The van der Waals surface area contributed by atoms with Crippen LogP contribution in [-0.4, -0.2) is 37.2 Å². The van der Waals surface area contributed by atoms with Gasteiger partial charge in [-0.3, -0.25) is 14.4 Å². The topological polar surface area (TPSA) is 78.9 Å². The van der Waals surface area contributed by atoms with Crippen molar-refractivity contribution in [1.29, 1.82) is 0 Å². The van der Waals surface area contributed by atoms with Crippen molar-refractivity contribution in [3.05, 3.63) is 0 Å². The zero-order valence-corrected chi connectivity index (χ0v) is 44.3. The van der Waals surface area contributed by atoms with Crippen molar-refractivity contribution in [3.8, 4) is 0 Å². The first kappa shape index (κ1) is 63.4. The fourth-order valence-electron chi connectivity index (χ4n) is 9.15. The standard InChI is InChI=1S/C59H114O6/c1-4-7-10-13-16-19-22-24-26-28-30-32-34-37-40-43-46-49-52-58(61)64-55-56(54-63-57(60)51-48-45-42-39-36-21-18-15-12-9-6-3)65-59(62)53-50-47-44-41-38-35-33-31-29-27-25-23-20-17-14-11-8-5-2/h56H,4-55H2,1-3H3/t56-/m1/s1. The van der Waals surface area contributed by atoms with Crippen LogP contribution in [0.4, 0.5) is 0 Å². The Balaban J connectivity index is 4.24. The highest BCUT2D eigenvalue weighted by molar-refractivity contribution is 5.71. The minimum absolute atomic E-state index is 0.0610. The Bertz CT molecular complexity index is 967. The number of carbonyl (C=O) groups excluding carboxylic acids is 3. The minimum Gasteiger partial charge on any atom is -0.462 e. The van der Waals surface area contributed by atoms with E-state index in [1.807, 2.05) is 0 Å². The number of unbranched alkanes of at least 4 members (excludes halogenated alkanes) is 44. The molecule has 0 aromatic heterocycles. The van der Waals surface area contributed by atoms with Gasteiger partial charge in [0.15, 0.2) is 6.10 Å². The van der Waals surface area contributed by atoms with Gasteiger partial charge in [-0.1, -0.05) is 303 Å². The Morgan fingerprint density at radius 2 is 0.415 bits per heavy atom. The number of esters is 3. The summed E-state index contributed by atoms with van der Waals surface area (Å²) in [5.41, 5.74) is 0. The molecule has 65 heavy (non-hydrogen) atoms. The lowest BCUT2D eigenvalue weighted by Crippen LogP contribution is -2.30. The number of rotatable bonds is 55. The molecule has 0 heterocycles. The molecule has 0 aromatic rings. The smallest absolute Gasteiger partial charge is 0.306 e. The normalized spacial score (nSPS) is 11.9. The van der Waals surface area contributed by atoms with Crippen molar-refractivity contribution in [3.63, 3.8) is 0 Å². The van der Waals surface area contributed by atoms with Gasteiger partial charge in [0.1, 0.15) is 13.2 Å². The molecule has 0 N–H and O–H groups in total. The highest BCUT2D eigenvalue weighted by atomic mass is 16.6. The molecule has 0 aliphatic rings. The van der Waals surface area contributed by atoms with Crippen LogP contribution in [0.1, 0.15) is 342 Å². The van der Waals surface area contributed by atoms with Crippen molar-refractivity contribution in [2.45, 2.75) is 348 Å². The van der Waals surface area contributed by atoms with Gasteiger partial charge < -0.3 is 14.2 Å². The van der Waals surface area contributed by atoms with Crippen molar-refractivity contribution in [1.82, 2.24) is 0 Å². The summed E-state index contributed by atoms with van der Waals surface area (Å²) in [4.78, 5) is 38.1. The zero-order valence-electron chi connectivity index (χ0n) is 44.3. The number of ether oxygens (including phenoxy) is 3. The molecule has 0 aliphatic heterocycles. The minimum atomic E-state index is -0.761. The molecule has 0 unspecified atom stereocenters. The second-order valence-electron chi connectivity index (χ2n) is 20.3. The van der Waals surface area contributed by atoms with E-state index < -0.39 is 6.10 Å². The van der Waals surface area contributed by atoms with Crippen molar-refractivity contribution in [2.75, 3.05) is 13.2 Å². The first-order chi connectivity index (χ1) is 32.0. The van der Waals surface area contributed by atoms with Gasteiger partial charge in [-0.15, -0.1) is 0 Å². The third-order valence-electron chi connectivity index (χ3n) is 13.6. The molecule has 0 saturated heterocycles. The molecule has 0 fully saturated rings. The molecule has 0 saturated carbocycles. The van der Waals surface area contributed by atoms with Crippen LogP contribution in [0, 0.1) is 0 Å². The van der Waals surface area contributed by atoms with Crippen LogP contribution in [0.25, 0.3) is 0 Å². The van der Waals surface area contributed by atoms with Gasteiger partial charge in [0.05, 0.1) is 0 Å². The van der Waals surface area contributed by atoms with Crippen LogP contribution in [0.5, 0.6) is 0 Å². The third-order valence-corrected chi connectivity index (χ3v) is 13.6. The summed E-state index contributed by atoms with van der Waals surface area (Å²) in [6, 6.07) is 0. The van der Waals surface area contributed by atoms with Crippen molar-refractivity contribution in [2.24, 2.45) is 0 Å². The van der Waals surface area contributed by atoms with Crippen LogP contribution in [0.3, 0.4) is 0 Å². The summed E-state index contributed by atoms with van der Waals surface area (Å²) in [5, 5.41) is 0. The van der Waals surface area contributed by atoms with Crippen LogP contribution in [0.15, 0.2) is 0 Å². The SMILES string of the molecule is CCCCCCCCCCCCCCCCCCCCC(=O)OC[C@@H](COC(=O)CCCCCCCCCCCCC)OC(=O)CCCCCCCCCCCCCCCCCCCC. The lowest BCUT2D eigenvalue weighted by Gasteiger charge is -2.18. The lowest BCUT2D eigenvalue weighted by atomic mass is 10.0. The fourth-order valence-corrected chi connectivity index (χ4v) is 9.15. The van der Waals surface area contributed by atoms with Gasteiger partial charge in [-0.2, -0.15) is 0 Å². The molecule has 386 valence electrons. The number of hydrogen-bond donors (Lipinski definition) is 0. The fraction of sp³-hybridized carbons (Fsp3) is 0.949. The number of hydrogen-bond acceptors (Lipinski definition) is 6. The third kappa shape index (κ3) is 53.2. The van der Waals surface area contributed by atoms with Crippen LogP contribution in [0.2, 0.25) is 0 Å². The van der Waals surface area contributed by atoms with E-state index in [0.29, 0.717) is 19.3 Å². The maximum atomic E-state index is 12.8. The van der Waals surface area contributed by atoms with Gasteiger partial charge in [-0.05, 0) is 19.3 Å². The van der Waals surface area contributed by atoms with E-state index >= 15 is 0 Å². The monoisotopic (exact) mass is 919 g/mol. The predicted molar refractivity (Wildman–Crippen MR) is 280 cm³/mol. The molecular weight excluding hydrogens is 805 g/mol. The molecule has 1 atom stereocenters. The highest BCUT2D eigenvalue weighted by Gasteiger charge is 2.19. The largest absolute Gasteiger partial charge is 0.462 e. The van der Waals surface area contributed by atoms with Gasteiger partial charge in [-0.25, -0.2) is 0 Å². The molecule has 0 radical (unpaired) electrons. The zero-order chi connectivity index (χ0) is 47.2. The van der Waals surface area contributed by atoms with E-state index in [9.17, 15) is 14.4 Å². The molecule has 0 rings (SSSR count). The first-order valence-corrected chi connectivity index (χ1v) is 29.5. The second-order valence-corrected chi connectivity index (χ2v) is 20.3. The molecule has 6 nitrogen and oxygen atoms in total. The Kier molecular flexibility index (Phi) is 53.7. The second kappa shape index (κ2) is 55.0. The molecule has 0 aromatic carbocycles. The Morgan fingerprint density at radius 3 is 0.615 bits per heavy atom. The molecule has 0 bridgehead atoms. The van der Waals surface area contributed by atoms with Gasteiger partial charge >= 0.3 is 17.9 Å².